The molecule has 1 saturated heterocycles. The first-order valence-electron chi connectivity index (χ1n) is 10.9. The highest BCUT2D eigenvalue weighted by Gasteiger charge is 2.52. The number of hydrogen-bond donors (Lipinski definition) is 2. The fraction of sp³-hybridized carbons (Fsp3) is 0.320. The van der Waals surface area contributed by atoms with E-state index in [1.807, 2.05) is 88.5 Å². The van der Waals surface area contributed by atoms with Crippen molar-refractivity contribution in [3.63, 3.8) is 0 Å². The summed E-state index contributed by atoms with van der Waals surface area (Å²) < 4.78 is 17.8. The van der Waals surface area contributed by atoms with Gasteiger partial charge >= 0.3 is 13.2 Å². The number of benzene rings is 2. The number of rotatable bonds is 6. The highest BCUT2D eigenvalue weighted by molar-refractivity contribution is 6.56. The van der Waals surface area contributed by atoms with Crippen LogP contribution in [0.25, 0.3) is 17.0 Å². The Balaban J connectivity index is 1.54. The van der Waals surface area contributed by atoms with Gasteiger partial charge in [0.05, 0.1) is 11.2 Å². The summed E-state index contributed by atoms with van der Waals surface area (Å²) in [6.45, 7) is 8.34. The molecule has 172 valence electrons. The van der Waals surface area contributed by atoms with Crippen molar-refractivity contribution >= 4 is 41.8 Å². The molecule has 33 heavy (non-hydrogen) atoms. The zero-order valence-electron chi connectivity index (χ0n) is 19.3. The predicted octanol–water partition coefficient (Wildman–Crippen LogP) is 5.76. The van der Waals surface area contributed by atoms with E-state index in [2.05, 4.69) is 10.3 Å². The average Bonchev–Trinajstić information content (AvgIpc) is 3.30. The number of ether oxygens (including phenoxy) is 1. The van der Waals surface area contributed by atoms with Gasteiger partial charge in [-0.15, -0.1) is 0 Å². The van der Waals surface area contributed by atoms with Gasteiger partial charge in [0.2, 0.25) is 0 Å². The van der Waals surface area contributed by atoms with Gasteiger partial charge in [0.1, 0.15) is 6.61 Å². The zero-order valence-corrected chi connectivity index (χ0v) is 20.0. The van der Waals surface area contributed by atoms with Crippen LogP contribution in [-0.4, -0.2) is 35.9 Å². The molecular formula is C25H28BClN2O4. The lowest BCUT2D eigenvalue weighted by Crippen LogP contribution is -2.41. The summed E-state index contributed by atoms with van der Waals surface area (Å²) in [5.41, 5.74) is 2.39. The topological polar surface area (TPSA) is 72.6 Å². The van der Waals surface area contributed by atoms with Gasteiger partial charge in [0, 0.05) is 28.7 Å². The van der Waals surface area contributed by atoms with Gasteiger partial charge < -0.3 is 24.3 Å². The molecule has 2 N–H and O–H groups in total. The van der Waals surface area contributed by atoms with Crippen molar-refractivity contribution in [3.8, 4) is 0 Å². The maximum atomic E-state index is 12.4. The van der Waals surface area contributed by atoms with E-state index in [1.165, 1.54) is 0 Å². The third-order valence-electron chi connectivity index (χ3n) is 6.22. The Kier molecular flexibility index (Phi) is 6.57. The molecule has 3 aromatic rings. The van der Waals surface area contributed by atoms with Crippen molar-refractivity contribution in [2.24, 2.45) is 0 Å². The number of carbonyl (C=O) groups is 1. The summed E-state index contributed by atoms with van der Waals surface area (Å²) in [5, 5.41) is 4.44. The number of alkyl carbamates (subject to hydrolysis) is 1. The zero-order chi connectivity index (χ0) is 23.6. The summed E-state index contributed by atoms with van der Waals surface area (Å²) >= 11 is 6.54. The number of aromatic amines is 1. The Hall–Kier alpha value is -2.74. The molecule has 2 heterocycles. The summed E-state index contributed by atoms with van der Waals surface area (Å²) in [6.07, 6.45) is 3.26. The average molecular weight is 467 g/mol. The summed E-state index contributed by atoms with van der Waals surface area (Å²) in [7, 11) is -0.637. The molecule has 4 rings (SSSR count). The number of H-pyrrole nitrogens is 1. The molecule has 0 aliphatic carbocycles. The Labute approximate surface area is 199 Å². The van der Waals surface area contributed by atoms with E-state index < -0.39 is 24.4 Å². The molecule has 0 spiro atoms. The van der Waals surface area contributed by atoms with Crippen LogP contribution in [0.4, 0.5) is 4.79 Å². The fourth-order valence-electron chi connectivity index (χ4n) is 3.55. The number of nitrogens with one attached hydrogen (secondary N) is 2. The molecular weight excluding hydrogens is 439 g/mol. The molecule has 2 aromatic carbocycles. The molecule has 0 saturated carbocycles. The van der Waals surface area contributed by atoms with Crippen LogP contribution in [0.3, 0.4) is 0 Å². The number of hydrogen-bond acceptors (Lipinski definition) is 4. The van der Waals surface area contributed by atoms with E-state index in [-0.39, 0.29) is 13.2 Å². The molecule has 1 aliphatic rings. The van der Waals surface area contributed by atoms with Crippen LogP contribution in [0.1, 0.15) is 38.8 Å². The third kappa shape index (κ3) is 5.27. The van der Waals surface area contributed by atoms with Gasteiger partial charge in [0.25, 0.3) is 0 Å². The number of aromatic nitrogens is 1. The van der Waals surface area contributed by atoms with Crippen LogP contribution in [0.2, 0.25) is 5.02 Å². The summed E-state index contributed by atoms with van der Waals surface area (Å²) in [4.78, 5) is 15.5. The molecule has 0 bridgehead atoms. The Bertz CT molecular complexity index is 1160. The van der Waals surface area contributed by atoms with Crippen LogP contribution in [0.15, 0.2) is 60.2 Å². The molecule has 1 aromatic heterocycles. The van der Waals surface area contributed by atoms with Crippen LogP contribution >= 0.6 is 11.6 Å². The smallest absolute Gasteiger partial charge is 0.445 e. The summed E-state index contributed by atoms with van der Waals surface area (Å²) in [6, 6.07) is 15.4. The molecule has 1 fully saturated rings. The van der Waals surface area contributed by atoms with Crippen molar-refractivity contribution in [1.82, 2.24) is 10.3 Å². The largest absolute Gasteiger partial charge is 0.492 e. The molecule has 1 amide bonds. The van der Waals surface area contributed by atoms with Gasteiger partial charge in [-0.05, 0) is 62.5 Å². The lowest BCUT2D eigenvalue weighted by Gasteiger charge is -2.32. The molecule has 6 nitrogen and oxygen atoms in total. The van der Waals surface area contributed by atoms with Crippen molar-refractivity contribution in [2.45, 2.75) is 45.5 Å². The molecule has 8 heteroatoms. The minimum Gasteiger partial charge on any atom is -0.445 e. The number of halogens is 1. The maximum absolute atomic E-state index is 12.4. The van der Waals surface area contributed by atoms with E-state index in [0.29, 0.717) is 5.02 Å². The second kappa shape index (κ2) is 9.25. The van der Waals surface area contributed by atoms with Crippen molar-refractivity contribution in [3.05, 3.63) is 76.3 Å². The maximum Gasteiger partial charge on any atom is 0.492 e. The SMILES string of the molecule is CC1(C)OB(C(=Cc2cc3cc[nH]c3cc2Cl)CNC(=O)OCc2ccccc2)OC1(C)C. The first kappa shape index (κ1) is 23.4. The predicted molar refractivity (Wildman–Crippen MR) is 132 cm³/mol. The van der Waals surface area contributed by atoms with E-state index >= 15 is 0 Å². The lowest BCUT2D eigenvalue weighted by atomic mass is 9.77. The van der Waals surface area contributed by atoms with Gasteiger partial charge in [-0.25, -0.2) is 4.79 Å². The quantitative estimate of drug-likeness (QED) is 0.453. The highest BCUT2D eigenvalue weighted by Crippen LogP contribution is 2.39. The molecule has 0 radical (unpaired) electrons. The summed E-state index contributed by atoms with van der Waals surface area (Å²) in [5.74, 6) is 0. The van der Waals surface area contributed by atoms with Crippen molar-refractivity contribution < 1.29 is 18.8 Å². The second-order valence-corrected chi connectivity index (χ2v) is 9.57. The van der Waals surface area contributed by atoms with Crippen molar-refractivity contribution in [2.75, 3.05) is 6.54 Å². The van der Waals surface area contributed by atoms with E-state index in [4.69, 9.17) is 25.6 Å². The first-order chi connectivity index (χ1) is 15.6. The lowest BCUT2D eigenvalue weighted by molar-refractivity contribution is 0.00578. The van der Waals surface area contributed by atoms with Crippen LogP contribution in [0.5, 0.6) is 0 Å². The van der Waals surface area contributed by atoms with Gasteiger partial charge in [0.15, 0.2) is 0 Å². The Morgan fingerprint density at radius 1 is 1.12 bits per heavy atom. The normalized spacial score (nSPS) is 17.4. The first-order valence-corrected chi connectivity index (χ1v) is 11.3. The van der Waals surface area contributed by atoms with E-state index in [1.54, 1.807) is 0 Å². The fourth-order valence-corrected chi connectivity index (χ4v) is 3.77. The second-order valence-electron chi connectivity index (χ2n) is 9.16. The van der Waals surface area contributed by atoms with E-state index in [0.717, 1.165) is 27.5 Å². The third-order valence-corrected chi connectivity index (χ3v) is 6.54. The van der Waals surface area contributed by atoms with Gasteiger partial charge in [-0.1, -0.05) is 48.0 Å². The number of fused-ring (bicyclic) bond motifs is 1. The van der Waals surface area contributed by atoms with Crippen molar-refractivity contribution in [1.29, 1.82) is 0 Å². The Morgan fingerprint density at radius 3 is 2.52 bits per heavy atom. The van der Waals surface area contributed by atoms with E-state index in [9.17, 15) is 4.79 Å². The molecule has 1 aliphatic heterocycles. The van der Waals surface area contributed by atoms with Crippen LogP contribution in [0, 0.1) is 0 Å². The highest BCUT2D eigenvalue weighted by atomic mass is 35.5. The molecule has 0 atom stereocenters. The standard InChI is InChI=1S/C25H28BClN2O4/c1-24(2)25(3,4)33-26(32-24)20(13-19-12-18-10-11-28-22(18)14-21(19)27)15-29-23(30)31-16-17-8-6-5-7-9-17/h5-14,28H,15-16H2,1-4H3,(H,29,30). The minimum atomic E-state index is -0.637. The minimum absolute atomic E-state index is 0.186. The number of amides is 1. The molecule has 0 unspecified atom stereocenters. The van der Waals surface area contributed by atoms with Crippen LogP contribution in [-0.2, 0) is 20.7 Å². The van der Waals surface area contributed by atoms with Gasteiger partial charge in [-0.3, -0.25) is 0 Å². The number of carbonyl (C=O) groups excluding carboxylic acids is 1. The Morgan fingerprint density at radius 2 is 1.82 bits per heavy atom. The monoisotopic (exact) mass is 466 g/mol. The van der Waals surface area contributed by atoms with Crippen LogP contribution < -0.4 is 5.32 Å². The van der Waals surface area contributed by atoms with Gasteiger partial charge in [-0.2, -0.15) is 0 Å².